The number of rotatable bonds is 9. The molecule has 0 radical (unpaired) electrons. The van der Waals surface area contributed by atoms with Gasteiger partial charge in [0.05, 0.1) is 5.56 Å². The molecule has 33 heavy (non-hydrogen) atoms. The fourth-order valence-corrected chi connectivity index (χ4v) is 4.44. The fourth-order valence-electron chi connectivity index (χ4n) is 4.44. The van der Waals surface area contributed by atoms with E-state index in [1.54, 1.807) is 0 Å². The summed E-state index contributed by atoms with van der Waals surface area (Å²) in [5, 5.41) is 8.87. The lowest BCUT2D eigenvalue weighted by Crippen LogP contribution is -2.36. The monoisotopic (exact) mass is 448 g/mol. The van der Waals surface area contributed by atoms with Gasteiger partial charge in [0.15, 0.2) is 0 Å². The quantitative estimate of drug-likeness (QED) is 0.475. The Labute approximate surface area is 197 Å². The predicted molar refractivity (Wildman–Crippen MR) is 134 cm³/mol. The molecule has 4 rings (SSSR count). The van der Waals surface area contributed by atoms with Crippen molar-refractivity contribution in [3.63, 3.8) is 0 Å². The van der Waals surface area contributed by atoms with Gasteiger partial charge in [0.1, 0.15) is 0 Å². The van der Waals surface area contributed by atoms with E-state index in [-0.39, 0.29) is 18.0 Å². The number of benzene rings is 2. The van der Waals surface area contributed by atoms with Crippen molar-refractivity contribution in [1.29, 1.82) is 0 Å². The van der Waals surface area contributed by atoms with Crippen molar-refractivity contribution in [2.24, 2.45) is 5.92 Å². The molecule has 0 bridgehead atoms. The molecule has 1 saturated heterocycles. The lowest BCUT2D eigenvalue weighted by atomic mass is 9.89. The predicted octanol–water partition coefficient (Wildman–Crippen LogP) is 4.96. The molecule has 0 spiro atoms. The summed E-state index contributed by atoms with van der Waals surface area (Å²) in [5.41, 5.74) is 3.65. The number of amides is 3. The van der Waals surface area contributed by atoms with E-state index in [2.05, 4.69) is 58.1 Å². The molecule has 0 atom stereocenters. The van der Waals surface area contributed by atoms with Crippen LogP contribution in [0, 0.1) is 5.92 Å². The maximum atomic E-state index is 13.0. The van der Waals surface area contributed by atoms with Crippen LogP contribution in [0.3, 0.4) is 0 Å². The molecular weight excluding hydrogens is 412 g/mol. The normalized spacial score (nSPS) is 16.3. The molecule has 1 saturated carbocycles. The van der Waals surface area contributed by atoms with Gasteiger partial charge >= 0.3 is 6.03 Å². The van der Waals surface area contributed by atoms with E-state index in [0.29, 0.717) is 23.7 Å². The summed E-state index contributed by atoms with van der Waals surface area (Å²) >= 11 is 0. The zero-order chi connectivity index (χ0) is 23.0. The van der Waals surface area contributed by atoms with Crippen molar-refractivity contribution in [2.75, 3.05) is 29.9 Å². The largest absolute Gasteiger partial charge is 0.371 e. The first-order valence-electron chi connectivity index (χ1n) is 12.4. The Kier molecular flexibility index (Phi) is 7.87. The lowest BCUT2D eigenvalue weighted by molar-refractivity contribution is 0.0951. The van der Waals surface area contributed by atoms with Gasteiger partial charge in [-0.1, -0.05) is 43.7 Å². The number of unbranched alkanes of at least 4 members (excludes halogenated alkanes) is 1. The van der Waals surface area contributed by atoms with Crippen LogP contribution >= 0.6 is 0 Å². The average molecular weight is 449 g/mol. The van der Waals surface area contributed by atoms with Gasteiger partial charge in [-0.3, -0.25) is 4.79 Å². The number of piperidine rings is 1. The second kappa shape index (κ2) is 11.2. The van der Waals surface area contributed by atoms with Gasteiger partial charge in [0, 0.05) is 37.1 Å². The highest BCUT2D eigenvalue weighted by Gasteiger charge is 2.27. The van der Waals surface area contributed by atoms with Crippen molar-refractivity contribution in [3.05, 3.63) is 59.7 Å². The molecule has 1 aliphatic carbocycles. The Morgan fingerprint density at radius 2 is 1.76 bits per heavy atom. The van der Waals surface area contributed by atoms with Crippen molar-refractivity contribution in [3.8, 4) is 0 Å². The summed E-state index contributed by atoms with van der Waals surface area (Å²) in [6.45, 7) is 4.61. The molecule has 2 aliphatic rings. The van der Waals surface area contributed by atoms with Gasteiger partial charge in [-0.05, 0) is 68.2 Å². The van der Waals surface area contributed by atoms with Gasteiger partial charge in [-0.15, -0.1) is 0 Å². The molecule has 1 heterocycles. The highest BCUT2D eigenvalue weighted by Crippen LogP contribution is 2.31. The van der Waals surface area contributed by atoms with Gasteiger partial charge in [0.25, 0.3) is 5.91 Å². The van der Waals surface area contributed by atoms with Crippen LogP contribution in [0.5, 0.6) is 0 Å². The summed E-state index contributed by atoms with van der Waals surface area (Å²) in [4.78, 5) is 27.6. The van der Waals surface area contributed by atoms with Crippen molar-refractivity contribution in [1.82, 2.24) is 10.6 Å². The van der Waals surface area contributed by atoms with E-state index >= 15 is 0 Å². The molecule has 2 aromatic carbocycles. The summed E-state index contributed by atoms with van der Waals surface area (Å²) in [6, 6.07) is 16.5. The molecule has 2 fully saturated rings. The van der Waals surface area contributed by atoms with E-state index in [9.17, 15) is 9.59 Å². The maximum Gasteiger partial charge on any atom is 0.319 e. The van der Waals surface area contributed by atoms with Crippen LogP contribution in [0.4, 0.5) is 16.2 Å². The zero-order valence-corrected chi connectivity index (χ0v) is 19.6. The first-order chi connectivity index (χ1) is 16.1. The second-order valence-corrected chi connectivity index (χ2v) is 9.33. The molecule has 0 unspecified atom stereocenters. The minimum absolute atomic E-state index is 0.0473. The Morgan fingerprint density at radius 1 is 1.00 bits per heavy atom. The molecule has 176 valence electrons. The van der Waals surface area contributed by atoms with Gasteiger partial charge < -0.3 is 20.9 Å². The standard InChI is InChI=1S/C27H36N4O2/c1-2-3-15-28-27(33)30-23-11-12-25(24(19-23)26(32)29-22-9-10-22)31-16-13-21(14-17-31)18-20-7-5-4-6-8-20/h4-8,11-12,19,21-22H,2-3,9-10,13-18H2,1H3,(H,29,32)(H2,28,30,33). The number of nitrogens with zero attached hydrogens (tertiary/aromatic N) is 1. The highest BCUT2D eigenvalue weighted by molar-refractivity contribution is 6.02. The Hall–Kier alpha value is -3.02. The third-order valence-electron chi connectivity index (χ3n) is 6.55. The topological polar surface area (TPSA) is 73.5 Å². The smallest absolute Gasteiger partial charge is 0.319 e. The van der Waals surface area contributed by atoms with Crippen LogP contribution in [0.25, 0.3) is 0 Å². The van der Waals surface area contributed by atoms with E-state index in [0.717, 1.165) is 63.7 Å². The number of nitrogens with one attached hydrogen (secondary N) is 3. The minimum atomic E-state index is -0.230. The third kappa shape index (κ3) is 6.73. The summed E-state index contributed by atoms with van der Waals surface area (Å²) in [5.74, 6) is 0.620. The highest BCUT2D eigenvalue weighted by atomic mass is 16.2. The van der Waals surface area contributed by atoms with Crippen LogP contribution in [0.15, 0.2) is 48.5 Å². The molecule has 2 aromatic rings. The molecule has 1 aliphatic heterocycles. The zero-order valence-electron chi connectivity index (χ0n) is 19.6. The first-order valence-corrected chi connectivity index (χ1v) is 12.4. The van der Waals surface area contributed by atoms with E-state index in [1.807, 2.05) is 18.2 Å². The number of urea groups is 1. The summed E-state index contributed by atoms with van der Waals surface area (Å²) in [7, 11) is 0. The van der Waals surface area contributed by atoms with Crippen molar-refractivity contribution < 1.29 is 9.59 Å². The van der Waals surface area contributed by atoms with Crippen LogP contribution in [0.1, 0.15) is 61.4 Å². The summed E-state index contributed by atoms with van der Waals surface area (Å²) in [6.07, 6.45) is 7.40. The number of hydrogen-bond donors (Lipinski definition) is 3. The number of hydrogen-bond acceptors (Lipinski definition) is 3. The lowest BCUT2D eigenvalue weighted by Gasteiger charge is -2.35. The Morgan fingerprint density at radius 3 is 2.45 bits per heavy atom. The molecule has 6 nitrogen and oxygen atoms in total. The van der Waals surface area contributed by atoms with Crippen molar-refractivity contribution in [2.45, 2.75) is 57.9 Å². The van der Waals surface area contributed by atoms with E-state index < -0.39 is 0 Å². The van der Waals surface area contributed by atoms with E-state index in [4.69, 9.17) is 0 Å². The van der Waals surface area contributed by atoms with Crippen LogP contribution in [-0.4, -0.2) is 37.6 Å². The van der Waals surface area contributed by atoms with Crippen LogP contribution in [0.2, 0.25) is 0 Å². The Balaban J connectivity index is 1.42. The molecular formula is C27H36N4O2. The first kappa shape index (κ1) is 23.1. The van der Waals surface area contributed by atoms with Gasteiger partial charge in [0.2, 0.25) is 0 Å². The average Bonchev–Trinajstić information content (AvgIpc) is 3.64. The second-order valence-electron chi connectivity index (χ2n) is 9.33. The van der Waals surface area contributed by atoms with Gasteiger partial charge in [-0.25, -0.2) is 4.79 Å². The number of carbonyl (C=O) groups is 2. The van der Waals surface area contributed by atoms with E-state index in [1.165, 1.54) is 5.56 Å². The van der Waals surface area contributed by atoms with Crippen LogP contribution in [-0.2, 0) is 6.42 Å². The van der Waals surface area contributed by atoms with Crippen LogP contribution < -0.4 is 20.9 Å². The molecule has 0 aromatic heterocycles. The number of anilines is 2. The fraction of sp³-hybridized carbons (Fsp3) is 0.481. The maximum absolute atomic E-state index is 13.0. The molecule has 3 N–H and O–H groups in total. The Bertz CT molecular complexity index is 934. The molecule has 3 amide bonds. The minimum Gasteiger partial charge on any atom is -0.371 e. The SMILES string of the molecule is CCCCNC(=O)Nc1ccc(N2CCC(Cc3ccccc3)CC2)c(C(=O)NC2CC2)c1. The molecule has 6 heteroatoms. The third-order valence-corrected chi connectivity index (χ3v) is 6.55. The number of carbonyl (C=O) groups excluding carboxylic acids is 2. The summed E-state index contributed by atoms with van der Waals surface area (Å²) < 4.78 is 0. The van der Waals surface area contributed by atoms with Crippen molar-refractivity contribution >= 4 is 23.3 Å². The van der Waals surface area contributed by atoms with Gasteiger partial charge in [-0.2, -0.15) is 0 Å².